The van der Waals surface area contributed by atoms with Crippen molar-refractivity contribution < 1.29 is 9.59 Å². The van der Waals surface area contributed by atoms with E-state index < -0.39 is 0 Å². The van der Waals surface area contributed by atoms with Gasteiger partial charge in [0.1, 0.15) is 0 Å². The summed E-state index contributed by atoms with van der Waals surface area (Å²) >= 11 is 0. The number of nitrogens with zero attached hydrogens (tertiary/aromatic N) is 1. The molecular formula is C27H24N4O2. The van der Waals surface area contributed by atoms with Gasteiger partial charge in [0.25, 0.3) is 5.91 Å². The molecule has 6 heteroatoms. The van der Waals surface area contributed by atoms with Crippen molar-refractivity contribution in [2.24, 2.45) is 0 Å². The molecule has 0 aliphatic rings. The van der Waals surface area contributed by atoms with Crippen molar-refractivity contribution in [1.29, 1.82) is 0 Å². The molecule has 0 aliphatic carbocycles. The number of para-hydroxylation sites is 1. The van der Waals surface area contributed by atoms with Crippen LogP contribution < -0.4 is 10.6 Å². The minimum absolute atomic E-state index is 0.0128. The van der Waals surface area contributed by atoms with Crippen molar-refractivity contribution in [3.8, 4) is 5.69 Å². The van der Waals surface area contributed by atoms with Crippen molar-refractivity contribution in [2.75, 3.05) is 7.05 Å². The van der Waals surface area contributed by atoms with Crippen molar-refractivity contribution >= 4 is 33.6 Å². The molecule has 0 atom stereocenters. The highest BCUT2D eigenvalue weighted by molar-refractivity contribution is 5.98. The third-order valence-corrected chi connectivity index (χ3v) is 5.91. The normalized spacial score (nSPS) is 11.1. The first-order valence-electron chi connectivity index (χ1n) is 10.9. The SMILES string of the molecule is CNC(=O)c1ccc2c(ccn2-c2ccc(CC(=O)NCc3c[nH]c4ccccc34)cc2)c1. The van der Waals surface area contributed by atoms with Crippen LogP contribution in [-0.4, -0.2) is 28.4 Å². The van der Waals surface area contributed by atoms with Gasteiger partial charge in [0.15, 0.2) is 0 Å². The van der Waals surface area contributed by atoms with Crippen LogP contribution in [0.3, 0.4) is 0 Å². The van der Waals surface area contributed by atoms with E-state index >= 15 is 0 Å². The Morgan fingerprint density at radius 1 is 0.970 bits per heavy atom. The van der Waals surface area contributed by atoms with Gasteiger partial charge in [-0.05, 0) is 53.6 Å². The molecule has 0 unspecified atom stereocenters. The molecule has 0 saturated heterocycles. The summed E-state index contributed by atoms with van der Waals surface area (Å²) in [7, 11) is 1.63. The summed E-state index contributed by atoms with van der Waals surface area (Å²) in [5.74, 6) is -0.113. The van der Waals surface area contributed by atoms with Gasteiger partial charge in [-0.15, -0.1) is 0 Å². The molecule has 0 aliphatic heterocycles. The minimum atomic E-state index is -0.100. The Kier molecular flexibility index (Phi) is 5.40. The van der Waals surface area contributed by atoms with E-state index in [1.54, 1.807) is 7.05 Å². The predicted octanol–water partition coefficient (Wildman–Crippen LogP) is 4.33. The molecule has 0 bridgehead atoms. The Hall–Kier alpha value is -4.32. The van der Waals surface area contributed by atoms with Crippen LogP contribution in [0, 0.1) is 0 Å². The molecular weight excluding hydrogens is 412 g/mol. The highest BCUT2D eigenvalue weighted by Gasteiger charge is 2.10. The van der Waals surface area contributed by atoms with E-state index in [1.165, 1.54) is 0 Å². The van der Waals surface area contributed by atoms with Gasteiger partial charge in [-0.25, -0.2) is 0 Å². The number of amides is 2. The predicted molar refractivity (Wildman–Crippen MR) is 131 cm³/mol. The van der Waals surface area contributed by atoms with Gasteiger partial charge in [-0.1, -0.05) is 30.3 Å². The molecule has 0 fully saturated rings. The van der Waals surface area contributed by atoms with Crippen LogP contribution in [0.1, 0.15) is 21.5 Å². The Morgan fingerprint density at radius 3 is 2.61 bits per heavy atom. The number of benzene rings is 3. The Labute approximate surface area is 191 Å². The van der Waals surface area contributed by atoms with Crippen LogP contribution in [-0.2, 0) is 17.8 Å². The monoisotopic (exact) mass is 436 g/mol. The summed E-state index contributed by atoms with van der Waals surface area (Å²) in [6.07, 6.45) is 4.25. The lowest BCUT2D eigenvalue weighted by Crippen LogP contribution is -2.24. The van der Waals surface area contributed by atoms with Crippen LogP contribution in [0.4, 0.5) is 0 Å². The molecule has 0 radical (unpaired) electrons. The van der Waals surface area contributed by atoms with E-state index in [2.05, 4.69) is 26.3 Å². The fourth-order valence-electron chi connectivity index (χ4n) is 4.15. The van der Waals surface area contributed by atoms with Gasteiger partial charge >= 0.3 is 0 Å². The second-order valence-electron chi connectivity index (χ2n) is 8.02. The number of hydrogen-bond donors (Lipinski definition) is 3. The van der Waals surface area contributed by atoms with E-state index in [0.29, 0.717) is 18.5 Å². The molecule has 2 amide bonds. The Morgan fingerprint density at radius 2 is 1.79 bits per heavy atom. The summed E-state index contributed by atoms with van der Waals surface area (Å²) in [4.78, 5) is 27.6. The largest absolute Gasteiger partial charge is 0.361 e. The van der Waals surface area contributed by atoms with E-state index in [-0.39, 0.29) is 11.8 Å². The van der Waals surface area contributed by atoms with Crippen LogP contribution in [0.2, 0.25) is 0 Å². The van der Waals surface area contributed by atoms with Gasteiger partial charge < -0.3 is 20.2 Å². The number of H-pyrrole nitrogens is 1. The van der Waals surface area contributed by atoms with Crippen LogP contribution in [0.15, 0.2) is 85.2 Å². The number of rotatable bonds is 6. The molecule has 2 heterocycles. The number of carbonyl (C=O) groups excluding carboxylic acids is 2. The maximum Gasteiger partial charge on any atom is 0.251 e. The molecule has 164 valence electrons. The van der Waals surface area contributed by atoms with Crippen LogP contribution in [0.5, 0.6) is 0 Å². The van der Waals surface area contributed by atoms with E-state index in [9.17, 15) is 9.59 Å². The smallest absolute Gasteiger partial charge is 0.251 e. The lowest BCUT2D eigenvalue weighted by molar-refractivity contribution is -0.120. The minimum Gasteiger partial charge on any atom is -0.361 e. The first-order valence-corrected chi connectivity index (χ1v) is 10.9. The van der Waals surface area contributed by atoms with Gasteiger partial charge in [0.2, 0.25) is 5.91 Å². The second-order valence-corrected chi connectivity index (χ2v) is 8.02. The van der Waals surface area contributed by atoms with Gasteiger partial charge in [-0.3, -0.25) is 9.59 Å². The number of hydrogen-bond acceptors (Lipinski definition) is 2. The molecule has 0 saturated carbocycles. The van der Waals surface area contributed by atoms with Crippen molar-refractivity contribution in [2.45, 2.75) is 13.0 Å². The standard InChI is InChI=1S/C27H24N4O2/c1-28-27(33)20-8-11-25-19(15-20)12-13-31(25)22-9-6-18(7-10-22)14-26(32)30-17-21-16-29-24-5-3-2-4-23(21)24/h2-13,15-16,29H,14,17H2,1H3,(H,28,33)(H,30,32). The number of aromatic nitrogens is 2. The third kappa shape index (κ3) is 4.11. The topological polar surface area (TPSA) is 78.9 Å². The van der Waals surface area contributed by atoms with Crippen molar-refractivity contribution in [3.63, 3.8) is 0 Å². The summed E-state index contributed by atoms with van der Waals surface area (Å²) < 4.78 is 2.07. The molecule has 6 nitrogen and oxygen atoms in total. The Bertz CT molecular complexity index is 1460. The lowest BCUT2D eigenvalue weighted by atomic mass is 10.1. The van der Waals surface area contributed by atoms with Crippen molar-refractivity contribution in [3.05, 3.63) is 102 Å². The molecule has 5 aromatic rings. The van der Waals surface area contributed by atoms with Crippen molar-refractivity contribution in [1.82, 2.24) is 20.2 Å². The zero-order valence-electron chi connectivity index (χ0n) is 18.3. The molecule has 3 N–H and O–H groups in total. The lowest BCUT2D eigenvalue weighted by Gasteiger charge is -2.09. The summed E-state index contributed by atoms with van der Waals surface area (Å²) in [6, 6.07) is 23.7. The molecule has 3 aromatic carbocycles. The van der Waals surface area contributed by atoms with Crippen LogP contribution >= 0.6 is 0 Å². The summed E-state index contributed by atoms with van der Waals surface area (Å²) in [5, 5.41) is 7.79. The number of aromatic amines is 1. The summed E-state index contributed by atoms with van der Waals surface area (Å²) in [5.41, 5.74) is 5.76. The molecule has 2 aromatic heterocycles. The number of nitrogens with one attached hydrogen (secondary N) is 3. The summed E-state index contributed by atoms with van der Waals surface area (Å²) in [6.45, 7) is 0.494. The maximum absolute atomic E-state index is 12.5. The third-order valence-electron chi connectivity index (χ3n) is 5.91. The zero-order valence-corrected chi connectivity index (χ0v) is 18.3. The highest BCUT2D eigenvalue weighted by Crippen LogP contribution is 2.22. The van der Waals surface area contributed by atoms with Gasteiger partial charge in [-0.2, -0.15) is 0 Å². The first-order chi connectivity index (χ1) is 16.1. The average molecular weight is 437 g/mol. The molecule has 33 heavy (non-hydrogen) atoms. The molecule has 5 rings (SSSR count). The molecule has 0 spiro atoms. The quantitative estimate of drug-likeness (QED) is 0.370. The maximum atomic E-state index is 12.5. The van der Waals surface area contributed by atoms with Gasteiger partial charge in [0.05, 0.1) is 11.9 Å². The number of fused-ring (bicyclic) bond motifs is 2. The fraction of sp³-hybridized carbons (Fsp3) is 0.111. The first kappa shape index (κ1) is 20.6. The number of carbonyl (C=O) groups is 2. The average Bonchev–Trinajstić information content (AvgIpc) is 3.46. The Balaban J connectivity index is 1.26. The van der Waals surface area contributed by atoms with Gasteiger partial charge in [0, 0.05) is 53.5 Å². The second kappa shape index (κ2) is 8.67. The van der Waals surface area contributed by atoms with E-state index in [0.717, 1.165) is 38.6 Å². The van der Waals surface area contributed by atoms with E-state index in [4.69, 9.17) is 0 Å². The fourth-order valence-corrected chi connectivity index (χ4v) is 4.15. The van der Waals surface area contributed by atoms with Crippen LogP contribution in [0.25, 0.3) is 27.5 Å². The zero-order chi connectivity index (χ0) is 22.8. The highest BCUT2D eigenvalue weighted by atomic mass is 16.2. The van der Waals surface area contributed by atoms with E-state index in [1.807, 2.05) is 79.1 Å².